The Hall–Kier alpha value is -2.29. The normalized spacial score (nSPS) is 19.4. The Morgan fingerprint density at radius 3 is 2.60 bits per heavy atom. The molecule has 9 heteroatoms. The van der Waals surface area contributed by atoms with E-state index in [-0.39, 0.29) is 18.9 Å². The molecule has 1 aromatic carbocycles. The molecule has 1 saturated carbocycles. The van der Waals surface area contributed by atoms with Crippen molar-refractivity contribution < 1.29 is 37.3 Å². The average molecular weight is 361 g/mol. The molecule has 1 aliphatic rings. The largest absolute Gasteiger partial charge is 0.573 e. The van der Waals surface area contributed by atoms with Crippen molar-refractivity contribution in [1.29, 1.82) is 0 Å². The summed E-state index contributed by atoms with van der Waals surface area (Å²) in [6.45, 7) is -0.207. The first-order valence-corrected chi connectivity index (χ1v) is 7.57. The van der Waals surface area contributed by atoms with Crippen LogP contribution in [0, 0.1) is 5.92 Å². The minimum absolute atomic E-state index is 0.103. The van der Waals surface area contributed by atoms with E-state index in [0.717, 1.165) is 4.90 Å². The van der Waals surface area contributed by atoms with Crippen molar-refractivity contribution in [2.24, 2.45) is 5.92 Å². The molecule has 2 atom stereocenters. The van der Waals surface area contributed by atoms with E-state index in [1.54, 1.807) is 6.07 Å². The third-order valence-corrected chi connectivity index (χ3v) is 3.85. The van der Waals surface area contributed by atoms with Crippen molar-refractivity contribution in [1.82, 2.24) is 4.90 Å². The number of hydrogen-bond donors (Lipinski definition) is 1. The average Bonchev–Trinajstić information content (AvgIpc) is 3.29. The standard InChI is InChI=1S/C16H18F3NO5/c1-24-7-6-20(9-14(21)22)15(23)12-8-11(12)10-4-2-3-5-13(10)25-16(17,18)19/h2-5,11-12H,6-9H2,1H3,(H,21,22)/t11-,12-/m0/s1. The van der Waals surface area contributed by atoms with Crippen LogP contribution in [0.2, 0.25) is 0 Å². The lowest BCUT2D eigenvalue weighted by Gasteiger charge is -2.20. The molecule has 0 bridgehead atoms. The molecule has 2 rings (SSSR count). The van der Waals surface area contributed by atoms with Crippen molar-refractivity contribution in [3.8, 4) is 5.75 Å². The maximum atomic E-state index is 12.5. The van der Waals surface area contributed by atoms with E-state index < -0.39 is 36.6 Å². The molecule has 0 aromatic heterocycles. The number of carboxylic acids is 1. The van der Waals surface area contributed by atoms with Crippen molar-refractivity contribution >= 4 is 11.9 Å². The first-order valence-electron chi connectivity index (χ1n) is 7.57. The molecule has 1 aliphatic carbocycles. The zero-order chi connectivity index (χ0) is 18.6. The molecule has 0 spiro atoms. The predicted octanol–water partition coefficient (Wildman–Crippen LogP) is 2.25. The van der Waals surface area contributed by atoms with Crippen molar-refractivity contribution in [3.63, 3.8) is 0 Å². The lowest BCUT2D eigenvalue weighted by atomic mass is 10.1. The minimum atomic E-state index is -4.82. The topological polar surface area (TPSA) is 76.1 Å². The van der Waals surface area contributed by atoms with Crippen LogP contribution < -0.4 is 4.74 Å². The highest BCUT2D eigenvalue weighted by Gasteiger charge is 2.48. The second-order valence-corrected chi connectivity index (χ2v) is 5.68. The summed E-state index contributed by atoms with van der Waals surface area (Å²) < 4.78 is 46.4. The van der Waals surface area contributed by atoms with Crippen LogP contribution in [0.5, 0.6) is 5.75 Å². The van der Waals surface area contributed by atoms with Crippen LogP contribution in [-0.2, 0) is 14.3 Å². The number of amides is 1. The summed E-state index contributed by atoms with van der Waals surface area (Å²) in [4.78, 5) is 24.5. The van der Waals surface area contributed by atoms with Gasteiger partial charge in [0.2, 0.25) is 5.91 Å². The predicted molar refractivity (Wildman–Crippen MR) is 80.1 cm³/mol. The molecule has 1 N–H and O–H groups in total. The Labute approximate surface area is 142 Å². The number of ether oxygens (including phenoxy) is 2. The summed E-state index contributed by atoms with van der Waals surface area (Å²) >= 11 is 0. The molecule has 0 heterocycles. The van der Waals surface area contributed by atoms with Crippen LogP contribution in [0.15, 0.2) is 24.3 Å². The van der Waals surface area contributed by atoms with Gasteiger partial charge in [0.25, 0.3) is 0 Å². The van der Waals surface area contributed by atoms with Crippen LogP contribution in [0.1, 0.15) is 17.9 Å². The molecular weight excluding hydrogens is 343 g/mol. The summed E-state index contributed by atoms with van der Waals surface area (Å²) in [6.07, 6.45) is -4.47. The van der Waals surface area contributed by atoms with E-state index >= 15 is 0 Å². The Balaban J connectivity index is 2.10. The van der Waals surface area contributed by atoms with Crippen LogP contribution >= 0.6 is 0 Å². The number of hydrogen-bond acceptors (Lipinski definition) is 4. The molecule has 0 radical (unpaired) electrons. The first-order chi connectivity index (χ1) is 11.7. The second-order valence-electron chi connectivity index (χ2n) is 5.68. The summed E-state index contributed by atoms with van der Waals surface area (Å²) in [5.74, 6) is -2.90. The van der Waals surface area contributed by atoms with Gasteiger partial charge in [0.1, 0.15) is 12.3 Å². The highest BCUT2D eigenvalue weighted by atomic mass is 19.4. The van der Waals surface area contributed by atoms with Crippen LogP contribution in [-0.4, -0.2) is 55.1 Å². The lowest BCUT2D eigenvalue weighted by molar-refractivity contribution is -0.274. The van der Waals surface area contributed by atoms with Gasteiger partial charge < -0.3 is 19.5 Å². The van der Waals surface area contributed by atoms with Gasteiger partial charge in [0.15, 0.2) is 0 Å². The van der Waals surface area contributed by atoms with E-state index in [4.69, 9.17) is 9.84 Å². The Kier molecular flexibility index (Phi) is 5.89. The molecule has 0 aliphatic heterocycles. The number of carbonyl (C=O) groups is 2. The van der Waals surface area contributed by atoms with Crippen molar-refractivity contribution in [2.75, 3.05) is 26.8 Å². The van der Waals surface area contributed by atoms with E-state index in [1.807, 2.05) is 0 Å². The Morgan fingerprint density at radius 2 is 2.00 bits per heavy atom. The third kappa shape index (κ3) is 5.35. The number of benzene rings is 1. The zero-order valence-electron chi connectivity index (χ0n) is 13.5. The lowest BCUT2D eigenvalue weighted by Crippen LogP contribution is -2.39. The van der Waals surface area contributed by atoms with Crippen LogP contribution in [0.3, 0.4) is 0 Å². The monoisotopic (exact) mass is 361 g/mol. The summed E-state index contributed by atoms with van der Waals surface area (Å²) in [6, 6.07) is 5.66. The van der Waals surface area contributed by atoms with Gasteiger partial charge in [0, 0.05) is 19.6 Å². The zero-order valence-corrected chi connectivity index (χ0v) is 13.5. The van der Waals surface area contributed by atoms with Gasteiger partial charge in [-0.2, -0.15) is 0 Å². The van der Waals surface area contributed by atoms with Gasteiger partial charge in [-0.3, -0.25) is 9.59 Å². The van der Waals surface area contributed by atoms with Gasteiger partial charge in [-0.25, -0.2) is 0 Å². The van der Waals surface area contributed by atoms with Crippen molar-refractivity contribution in [2.45, 2.75) is 18.7 Å². The summed E-state index contributed by atoms with van der Waals surface area (Å²) in [7, 11) is 1.42. The second kappa shape index (κ2) is 7.73. The van der Waals surface area contributed by atoms with Gasteiger partial charge in [-0.05, 0) is 24.0 Å². The number of halogens is 3. The van der Waals surface area contributed by atoms with Crippen molar-refractivity contribution in [3.05, 3.63) is 29.8 Å². The molecule has 6 nitrogen and oxygen atoms in total. The number of nitrogens with zero attached hydrogens (tertiary/aromatic N) is 1. The quantitative estimate of drug-likeness (QED) is 0.769. The molecule has 25 heavy (non-hydrogen) atoms. The number of aliphatic carboxylic acids is 1. The molecule has 1 aromatic rings. The van der Waals surface area contributed by atoms with Crippen LogP contribution in [0.4, 0.5) is 13.2 Å². The number of methoxy groups -OCH3 is 1. The van der Waals surface area contributed by atoms with Gasteiger partial charge >= 0.3 is 12.3 Å². The number of carboxylic acid groups (broad SMARTS) is 1. The van der Waals surface area contributed by atoms with E-state index in [9.17, 15) is 22.8 Å². The fraction of sp³-hybridized carbons (Fsp3) is 0.500. The summed E-state index contributed by atoms with van der Waals surface area (Å²) in [5.41, 5.74) is 0.292. The van der Waals surface area contributed by atoms with E-state index in [2.05, 4.69) is 4.74 Å². The Morgan fingerprint density at radius 1 is 1.32 bits per heavy atom. The fourth-order valence-electron chi connectivity index (χ4n) is 2.68. The molecular formula is C16H18F3NO5. The molecule has 0 saturated heterocycles. The van der Waals surface area contributed by atoms with Gasteiger partial charge in [-0.1, -0.05) is 18.2 Å². The molecule has 0 unspecified atom stereocenters. The first kappa shape index (κ1) is 19.0. The molecule has 1 fully saturated rings. The number of para-hydroxylation sites is 1. The third-order valence-electron chi connectivity index (χ3n) is 3.85. The summed E-state index contributed by atoms with van der Waals surface area (Å²) in [5, 5.41) is 8.91. The van der Waals surface area contributed by atoms with Crippen LogP contribution in [0.25, 0.3) is 0 Å². The molecule has 1 amide bonds. The van der Waals surface area contributed by atoms with Gasteiger partial charge in [0.05, 0.1) is 6.61 Å². The SMILES string of the molecule is COCCN(CC(=O)O)C(=O)[C@H]1C[C@H]1c1ccccc1OC(F)(F)F. The molecule has 138 valence electrons. The number of alkyl halides is 3. The number of carbonyl (C=O) groups excluding carboxylic acids is 1. The maximum Gasteiger partial charge on any atom is 0.573 e. The smallest absolute Gasteiger partial charge is 0.480 e. The Bertz CT molecular complexity index is 634. The van der Waals surface area contributed by atoms with E-state index in [0.29, 0.717) is 12.0 Å². The highest BCUT2D eigenvalue weighted by Crippen LogP contribution is 2.51. The fourth-order valence-corrected chi connectivity index (χ4v) is 2.68. The van der Waals surface area contributed by atoms with E-state index in [1.165, 1.54) is 25.3 Å². The minimum Gasteiger partial charge on any atom is -0.480 e. The maximum absolute atomic E-state index is 12.5. The van der Waals surface area contributed by atoms with Gasteiger partial charge in [-0.15, -0.1) is 13.2 Å². The highest BCUT2D eigenvalue weighted by molar-refractivity contribution is 5.86. The number of rotatable bonds is 8.